The molecule has 1 amide bonds. The van der Waals surface area contributed by atoms with Crippen molar-refractivity contribution in [1.29, 1.82) is 0 Å². The van der Waals surface area contributed by atoms with Crippen molar-refractivity contribution < 1.29 is 9.18 Å². The maximum Gasteiger partial charge on any atom is 0.260 e. The average Bonchev–Trinajstić information content (AvgIpc) is 2.48. The standard InChI is InChI=1S/C15H16FN3O/c1-3-19(11-7-9-18-10-8-11)15(20)12-5-4-6-13(16)14(12)17-2/h4-10,17H,3H2,1-2H3. The van der Waals surface area contributed by atoms with E-state index in [-0.39, 0.29) is 11.6 Å². The number of pyridine rings is 1. The van der Waals surface area contributed by atoms with E-state index in [0.29, 0.717) is 12.1 Å². The van der Waals surface area contributed by atoms with Crippen LogP contribution in [0.4, 0.5) is 15.8 Å². The fraction of sp³-hybridized carbons (Fsp3) is 0.200. The van der Waals surface area contributed by atoms with Crippen LogP contribution in [0.25, 0.3) is 0 Å². The van der Waals surface area contributed by atoms with Crippen molar-refractivity contribution in [1.82, 2.24) is 4.98 Å². The van der Waals surface area contributed by atoms with E-state index in [1.807, 2.05) is 6.92 Å². The lowest BCUT2D eigenvalue weighted by Crippen LogP contribution is -2.31. The summed E-state index contributed by atoms with van der Waals surface area (Å²) < 4.78 is 13.7. The van der Waals surface area contributed by atoms with Crippen LogP contribution in [-0.2, 0) is 0 Å². The highest BCUT2D eigenvalue weighted by Gasteiger charge is 2.20. The van der Waals surface area contributed by atoms with Gasteiger partial charge in [-0.15, -0.1) is 0 Å². The molecule has 0 unspecified atom stereocenters. The summed E-state index contributed by atoms with van der Waals surface area (Å²) in [5, 5.41) is 2.74. The molecule has 0 spiro atoms. The number of anilines is 2. The summed E-state index contributed by atoms with van der Waals surface area (Å²) in [5.41, 5.74) is 1.26. The van der Waals surface area contributed by atoms with Crippen LogP contribution in [0.3, 0.4) is 0 Å². The second-order valence-corrected chi connectivity index (χ2v) is 4.17. The molecule has 0 saturated heterocycles. The number of nitrogens with one attached hydrogen (secondary N) is 1. The monoisotopic (exact) mass is 273 g/mol. The number of hydrogen-bond donors (Lipinski definition) is 1. The molecular weight excluding hydrogens is 257 g/mol. The number of carbonyl (C=O) groups is 1. The summed E-state index contributed by atoms with van der Waals surface area (Å²) in [6, 6.07) is 7.97. The zero-order chi connectivity index (χ0) is 14.5. The van der Waals surface area contributed by atoms with Crippen molar-refractivity contribution in [2.75, 3.05) is 23.8 Å². The van der Waals surface area contributed by atoms with Gasteiger partial charge in [-0.2, -0.15) is 0 Å². The highest BCUT2D eigenvalue weighted by molar-refractivity contribution is 6.09. The average molecular weight is 273 g/mol. The smallest absolute Gasteiger partial charge is 0.260 e. The summed E-state index contributed by atoms with van der Waals surface area (Å²) in [4.78, 5) is 18.1. The van der Waals surface area contributed by atoms with Gasteiger partial charge in [-0.1, -0.05) is 6.07 Å². The van der Waals surface area contributed by atoms with Crippen LogP contribution in [0, 0.1) is 5.82 Å². The van der Waals surface area contributed by atoms with Crippen LogP contribution in [0.5, 0.6) is 0 Å². The first-order valence-corrected chi connectivity index (χ1v) is 6.37. The molecule has 5 heteroatoms. The highest BCUT2D eigenvalue weighted by atomic mass is 19.1. The number of para-hydroxylation sites is 1. The number of rotatable bonds is 4. The van der Waals surface area contributed by atoms with E-state index in [0.717, 1.165) is 5.69 Å². The molecule has 104 valence electrons. The molecule has 0 atom stereocenters. The third-order valence-electron chi connectivity index (χ3n) is 3.03. The second kappa shape index (κ2) is 6.14. The molecule has 0 saturated carbocycles. The first kappa shape index (κ1) is 14.0. The molecule has 0 aliphatic rings. The summed E-state index contributed by atoms with van der Waals surface area (Å²) in [6.07, 6.45) is 3.24. The fourth-order valence-corrected chi connectivity index (χ4v) is 2.07. The number of hydrogen-bond acceptors (Lipinski definition) is 3. The highest BCUT2D eigenvalue weighted by Crippen LogP contribution is 2.23. The van der Waals surface area contributed by atoms with E-state index in [9.17, 15) is 9.18 Å². The maximum atomic E-state index is 13.7. The predicted molar refractivity (Wildman–Crippen MR) is 77.5 cm³/mol. The van der Waals surface area contributed by atoms with Crippen molar-refractivity contribution in [2.24, 2.45) is 0 Å². The molecule has 0 aliphatic heterocycles. The zero-order valence-electron chi connectivity index (χ0n) is 11.4. The molecule has 0 fully saturated rings. The van der Waals surface area contributed by atoms with Gasteiger partial charge in [0.15, 0.2) is 0 Å². The number of carbonyl (C=O) groups excluding carboxylic acids is 1. The molecule has 2 aromatic rings. The third kappa shape index (κ3) is 2.61. The van der Waals surface area contributed by atoms with Crippen LogP contribution in [-0.4, -0.2) is 24.5 Å². The van der Waals surface area contributed by atoms with Crippen molar-refractivity contribution in [3.05, 3.63) is 54.1 Å². The predicted octanol–water partition coefficient (Wildman–Crippen LogP) is 2.93. The molecule has 1 heterocycles. The molecular formula is C15H16FN3O. The first-order chi connectivity index (χ1) is 9.69. The molecule has 20 heavy (non-hydrogen) atoms. The Morgan fingerprint density at radius 1 is 1.30 bits per heavy atom. The van der Waals surface area contributed by atoms with Crippen LogP contribution < -0.4 is 10.2 Å². The maximum absolute atomic E-state index is 13.7. The van der Waals surface area contributed by atoms with Crippen molar-refractivity contribution in [3.8, 4) is 0 Å². The van der Waals surface area contributed by atoms with Gasteiger partial charge in [0.1, 0.15) is 5.82 Å². The van der Waals surface area contributed by atoms with E-state index in [2.05, 4.69) is 10.3 Å². The van der Waals surface area contributed by atoms with Gasteiger partial charge in [0.05, 0.1) is 11.3 Å². The summed E-state index contributed by atoms with van der Waals surface area (Å²) in [7, 11) is 1.60. The molecule has 4 nitrogen and oxygen atoms in total. The first-order valence-electron chi connectivity index (χ1n) is 6.37. The molecule has 0 aliphatic carbocycles. The van der Waals surface area contributed by atoms with Gasteiger partial charge in [-0.3, -0.25) is 9.78 Å². The molecule has 2 rings (SSSR count). The van der Waals surface area contributed by atoms with E-state index in [4.69, 9.17) is 0 Å². The SMILES string of the molecule is CCN(C(=O)c1cccc(F)c1NC)c1ccncc1. The number of halogens is 1. The number of benzene rings is 1. The quantitative estimate of drug-likeness (QED) is 0.931. The minimum atomic E-state index is -0.441. The Morgan fingerprint density at radius 3 is 2.60 bits per heavy atom. The molecule has 0 radical (unpaired) electrons. The fourth-order valence-electron chi connectivity index (χ4n) is 2.07. The van der Waals surface area contributed by atoms with Gasteiger partial charge < -0.3 is 10.2 Å². The lowest BCUT2D eigenvalue weighted by molar-refractivity contribution is 0.0988. The summed E-state index contributed by atoms with van der Waals surface area (Å²) in [5.74, 6) is -0.688. The molecule has 1 N–H and O–H groups in total. The van der Waals surface area contributed by atoms with Gasteiger partial charge in [0, 0.05) is 31.7 Å². The normalized spacial score (nSPS) is 10.2. The van der Waals surface area contributed by atoms with Gasteiger partial charge in [-0.25, -0.2) is 4.39 Å². The van der Waals surface area contributed by atoms with Crippen LogP contribution >= 0.6 is 0 Å². The Hall–Kier alpha value is -2.43. The largest absolute Gasteiger partial charge is 0.385 e. The van der Waals surface area contributed by atoms with Gasteiger partial charge >= 0.3 is 0 Å². The van der Waals surface area contributed by atoms with E-state index < -0.39 is 5.82 Å². The lowest BCUT2D eigenvalue weighted by atomic mass is 10.1. The minimum absolute atomic E-state index is 0.213. The Labute approximate surface area is 117 Å². The Morgan fingerprint density at radius 2 is 2.00 bits per heavy atom. The van der Waals surface area contributed by atoms with Gasteiger partial charge in [-0.05, 0) is 31.2 Å². The van der Waals surface area contributed by atoms with Crippen molar-refractivity contribution >= 4 is 17.3 Å². The van der Waals surface area contributed by atoms with E-state index >= 15 is 0 Å². The Kier molecular flexibility index (Phi) is 4.30. The number of nitrogens with zero attached hydrogens (tertiary/aromatic N) is 2. The molecule has 0 bridgehead atoms. The van der Waals surface area contributed by atoms with Crippen LogP contribution in [0.2, 0.25) is 0 Å². The van der Waals surface area contributed by atoms with Crippen LogP contribution in [0.15, 0.2) is 42.7 Å². The van der Waals surface area contributed by atoms with Crippen molar-refractivity contribution in [3.63, 3.8) is 0 Å². The van der Waals surface area contributed by atoms with Crippen molar-refractivity contribution in [2.45, 2.75) is 6.92 Å². The molecule has 1 aromatic carbocycles. The third-order valence-corrected chi connectivity index (χ3v) is 3.03. The minimum Gasteiger partial charge on any atom is -0.385 e. The lowest BCUT2D eigenvalue weighted by Gasteiger charge is -2.22. The van der Waals surface area contributed by atoms with Crippen LogP contribution in [0.1, 0.15) is 17.3 Å². The Bertz CT molecular complexity index is 601. The van der Waals surface area contributed by atoms with E-state index in [1.165, 1.54) is 12.1 Å². The number of amides is 1. The zero-order valence-corrected chi connectivity index (χ0v) is 11.4. The van der Waals surface area contributed by atoms with Gasteiger partial charge in [0.2, 0.25) is 0 Å². The van der Waals surface area contributed by atoms with E-state index in [1.54, 1.807) is 42.5 Å². The number of aromatic nitrogens is 1. The second-order valence-electron chi connectivity index (χ2n) is 4.17. The summed E-state index contributed by atoms with van der Waals surface area (Å²) >= 11 is 0. The Balaban J connectivity index is 2.42. The summed E-state index contributed by atoms with van der Waals surface area (Å²) in [6.45, 7) is 2.36. The topological polar surface area (TPSA) is 45.2 Å². The molecule has 1 aromatic heterocycles. The van der Waals surface area contributed by atoms with Gasteiger partial charge in [0.25, 0.3) is 5.91 Å².